The first-order chi connectivity index (χ1) is 15.8. The van der Waals surface area contributed by atoms with E-state index in [4.69, 9.17) is 19.3 Å². The molecule has 1 N–H and O–H groups in total. The van der Waals surface area contributed by atoms with E-state index in [9.17, 15) is 29.3 Å². The number of nitrogens with zero attached hydrogens (tertiary/aromatic N) is 2. The topological polar surface area (TPSA) is 172 Å². The molecule has 2 rings (SSSR count). The lowest BCUT2D eigenvalue weighted by molar-refractivity contribution is -0.385. The summed E-state index contributed by atoms with van der Waals surface area (Å²) in [5.41, 5.74) is 0.332. The van der Waals surface area contributed by atoms with Crippen LogP contribution >= 0.6 is 0 Å². The van der Waals surface area contributed by atoms with Gasteiger partial charge in [-0.2, -0.15) is 0 Å². The Labute approximate surface area is 188 Å². The van der Waals surface area contributed by atoms with Gasteiger partial charge < -0.3 is 24.2 Å². The van der Waals surface area contributed by atoms with Crippen molar-refractivity contribution in [2.24, 2.45) is 0 Å². The first kappa shape index (κ1) is 25.8. The van der Waals surface area contributed by atoms with Gasteiger partial charge in [0.15, 0.2) is 0 Å². The van der Waals surface area contributed by atoms with Crippen LogP contribution in [-0.2, 0) is 51.4 Å². The number of imide groups is 1. The van der Waals surface area contributed by atoms with E-state index < -0.39 is 35.3 Å². The summed E-state index contributed by atoms with van der Waals surface area (Å²) in [6, 6.07) is 4.16. The zero-order valence-electron chi connectivity index (χ0n) is 17.7. The normalized spacial score (nSPS) is 13.3. The van der Waals surface area contributed by atoms with Crippen LogP contribution in [0.3, 0.4) is 0 Å². The third-order valence-electron chi connectivity index (χ3n) is 4.39. The Balaban J connectivity index is 1.51. The molecule has 13 heteroatoms. The Morgan fingerprint density at radius 3 is 2.18 bits per heavy atom. The Bertz CT molecular complexity index is 871. The lowest BCUT2D eigenvalue weighted by Gasteiger charge is -2.12. The van der Waals surface area contributed by atoms with Gasteiger partial charge in [-0.3, -0.25) is 24.5 Å². The van der Waals surface area contributed by atoms with Gasteiger partial charge in [0.25, 0.3) is 17.5 Å². The number of hydroxylamine groups is 2. The summed E-state index contributed by atoms with van der Waals surface area (Å²) in [6.45, 7) is -0.263. The van der Waals surface area contributed by atoms with Gasteiger partial charge in [-0.05, 0) is 11.6 Å². The largest absolute Gasteiger partial charge is 0.461 e. The molecule has 1 saturated heterocycles. The summed E-state index contributed by atoms with van der Waals surface area (Å²) >= 11 is 0. The Morgan fingerprint density at radius 1 is 1.00 bits per heavy atom. The molecule has 180 valence electrons. The standard InChI is InChI=1S/C20H24N2O11/c23-12-15-2-1-14(11-16(15)22(28)29)13-32-19(26)5-7-30-9-10-31-8-6-20(27)33-21-17(24)3-4-18(21)25/h1-2,11,23H,3-10,12-13H2. The number of carbonyl (C=O) groups excluding carboxylic acids is 4. The van der Waals surface area contributed by atoms with E-state index in [0.717, 1.165) is 0 Å². The van der Waals surface area contributed by atoms with Gasteiger partial charge in [0.2, 0.25) is 0 Å². The van der Waals surface area contributed by atoms with E-state index >= 15 is 0 Å². The van der Waals surface area contributed by atoms with Crippen LogP contribution in [0.15, 0.2) is 18.2 Å². The summed E-state index contributed by atoms with van der Waals surface area (Å²) in [5, 5.41) is 20.5. The summed E-state index contributed by atoms with van der Waals surface area (Å²) in [7, 11) is 0. The maximum absolute atomic E-state index is 11.7. The van der Waals surface area contributed by atoms with Gasteiger partial charge in [-0.25, -0.2) is 4.79 Å². The Hall–Kier alpha value is -3.42. The molecule has 1 aliphatic heterocycles. The maximum atomic E-state index is 11.7. The van der Waals surface area contributed by atoms with Crippen LogP contribution in [0, 0.1) is 10.1 Å². The summed E-state index contributed by atoms with van der Waals surface area (Å²) in [6.07, 6.45) is -0.149. The molecule has 0 aliphatic carbocycles. The average Bonchev–Trinajstić information content (AvgIpc) is 3.11. The van der Waals surface area contributed by atoms with E-state index in [1.54, 1.807) is 0 Å². The van der Waals surface area contributed by atoms with E-state index in [1.165, 1.54) is 18.2 Å². The van der Waals surface area contributed by atoms with Crippen LogP contribution in [-0.4, -0.2) is 65.3 Å². The van der Waals surface area contributed by atoms with Gasteiger partial charge in [-0.15, -0.1) is 5.06 Å². The highest BCUT2D eigenvalue weighted by molar-refractivity contribution is 6.01. The lowest BCUT2D eigenvalue weighted by Crippen LogP contribution is -2.32. The number of hydrogen-bond acceptors (Lipinski definition) is 11. The van der Waals surface area contributed by atoms with Crippen molar-refractivity contribution in [1.82, 2.24) is 5.06 Å². The number of aliphatic hydroxyl groups excluding tert-OH is 1. The minimum Gasteiger partial charge on any atom is -0.461 e. The average molecular weight is 468 g/mol. The van der Waals surface area contributed by atoms with Crippen molar-refractivity contribution in [3.8, 4) is 0 Å². The number of aliphatic hydroxyl groups is 1. The summed E-state index contributed by atoms with van der Waals surface area (Å²) in [4.78, 5) is 61.0. The molecule has 0 radical (unpaired) electrons. The molecule has 0 atom stereocenters. The van der Waals surface area contributed by atoms with Crippen LogP contribution in [0.1, 0.15) is 36.8 Å². The van der Waals surface area contributed by atoms with Crippen molar-refractivity contribution in [2.45, 2.75) is 38.9 Å². The molecule has 13 nitrogen and oxygen atoms in total. The van der Waals surface area contributed by atoms with Crippen LogP contribution in [0.4, 0.5) is 5.69 Å². The zero-order valence-corrected chi connectivity index (χ0v) is 17.7. The smallest absolute Gasteiger partial charge is 0.335 e. The summed E-state index contributed by atoms with van der Waals surface area (Å²) in [5.74, 6) is -2.43. The van der Waals surface area contributed by atoms with E-state index in [1.807, 2.05) is 0 Å². The van der Waals surface area contributed by atoms with Gasteiger partial charge in [0, 0.05) is 18.9 Å². The first-order valence-corrected chi connectivity index (χ1v) is 10.1. The zero-order chi connectivity index (χ0) is 24.2. The van der Waals surface area contributed by atoms with Gasteiger partial charge in [-0.1, -0.05) is 6.07 Å². The molecule has 1 aromatic rings. The molecule has 1 aromatic carbocycles. The van der Waals surface area contributed by atoms with Crippen molar-refractivity contribution in [1.29, 1.82) is 0 Å². The fourth-order valence-electron chi connectivity index (χ4n) is 2.68. The minimum atomic E-state index is -0.765. The number of nitro groups is 1. The quantitative estimate of drug-likeness (QED) is 0.133. The molecular weight excluding hydrogens is 444 g/mol. The molecule has 0 bridgehead atoms. The molecule has 0 unspecified atom stereocenters. The van der Waals surface area contributed by atoms with E-state index in [2.05, 4.69) is 4.84 Å². The molecule has 2 amide bonds. The lowest BCUT2D eigenvalue weighted by atomic mass is 10.1. The molecule has 0 spiro atoms. The van der Waals surface area contributed by atoms with Crippen molar-refractivity contribution in [2.75, 3.05) is 26.4 Å². The number of amides is 2. The van der Waals surface area contributed by atoms with Gasteiger partial charge >= 0.3 is 11.9 Å². The monoisotopic (exact) mass is 468 g/mol. The van der Waals surface area contributed by atoms with Crippen molar-refractivity contribution in [3.05, 3.63) is 39.4 Å². The third kappa shape index (κ3) is 8.56. The second kappa shape index (κ2) is 13.2. The van der Waals surface area contributed by atoms with Gasteiger partial charge in [0.05, 0.1) is 56.4 Å². The number of carbonyl (C=O) groups is 4. The molecule has 0 aromatic heterocycles. The predicted molar refractivity (Wildman–Crippen MR) is 107 cm³/mol. The van der Waals surface area contributed by atoms with Crippen molar-refractivity contribution in [3.63, 3.8) is 0 Å². The maximum Gasteiger partial charge on any atom is 0.335 e. The number of benzene rings is 1. The van der Waals surface area contributed by atoms with Crippen LogP contribution in [0.25, 0.3) is 0 Å². The Kier molecular flexibility index (Phi) is 10.3. The molecule has 0 saturated carbocycles. The number of nitro benzene ring substituents is 1. The first-order valence-electron chi connectivity index (χ1n) is 10.1. The number of hydrogen-bond donors (Lipinski definition) is 1. The van der Waals surface area contributed by atoms with Crippen molar-refractivity contribution >= 4 is 29.4 Å². The highest BCUT2D eigenvalue weighted by Gasteiger charge is 2.32. The third-order valence-corrected chi connectivity index (χ3v) is 4.39. The van der Waals surface area contributed by atoms with Gasteiger partial charge in [0.1, 0.15) is 6.61 Å². The molecule has 33 heavy (non-hydrogen) atoms. The fourth-order valence-corrected chi connectivity index (χ4v) is 2.68. The van der Waals surface area contributed by atoms with Crippen LogP contribution in [0.2, 0.25) is 0 Å². The predicted octanol–water partition coefficient (Wildman–Crippen LogP) is 0.551. The minimum absolute atomic E-state index is 0.00165. The van der Waals surface area contributed by atoms with Crippen LogP contribution in [0.5, 0.6) is 0 Å². The SMILES string of the molecule is O=C(CCOCCOCCC(=O)ON1C(=O)CCC1=O)OCc1ccc(CO)c([N+](=O)[O-])c1. The van der Waals surface area contributed by atoms with E-state index in [-0.39, 0.29) is 70.0 Å². The molecular formula is C20H24N2O11. The summed E-state index contributed by atoms with van der Waals surface area (Å²) < 4.78 is 15.4. The molecule has 1 fully saturated rings. The molecule has 1 aliphatic rings. The van der Waals surface area contributed by atoms with Crippen molar-refractivity contribution < 1.29 is 48.3 Å². The highest BCUT2D eigenvalue weighted by Crippen LogP contribution is 2.21. The number of esters is 1. The number of rotatable bonds is 14. The highest BCUT2D eigenvalue weighted by atomic mass is 16.7. The van der Waals surface area contributed by atoms with Crippen LogP contribution < -0.4 is 0 Å². The molecule has 1 heterocycles. The number of ether oxygens (including phenoxy) is 3. The fraction of sp³-hybridized carbons (Fsp3) is 0.500. The second-order valence-electron chi connectivity index (χ2n) is 6.81. The second-order valence-corrected chi connectivity index (χ2v) is 6.81. The van der Waals surface area contributed by atoms with E-state index in [0.29, 0.717) is 10.6 Å². The Morgan fingerprint density at radius 2 is 1.61 bits per heavy atom.